The Morgan fingerprint density at radius 3 is 2.79 bits per heavy atom. The Balaban J connectivity index is 1.56. The number of hydrogen-bond acceptors (Lipinski definition) is 2. The van der Waals surface area contributed by atoms with E-state index in [4.69, 9.17) is 0 Å². The van der Waals surface area contributed by atoms with E-state index in [1.54, 1.807) is 0 Å². The number of likely N-dealkylation sites (tertiary alicyclic amines) is 1. The topological polar surface area (TPSA) is 21.1 Å². The second kappa shape index (κ2) is 6.02. The van der Waals surface area contributed by atoms with Crippen molar-refractivity contribution < 1.29 is 0 Å². The van der Waals surface area contributed by atoms with Crippen LogP contribution >= 0.6 is 0 Å². The molecule has 19 heavy (non-hydrogen) atoms. The van der Waals surface area contributed by atoms with Gasteiger partial charge in [0.15, 0.2) is 0 Å². The van der Waals surface area contributed by atoms with E-state index in [0.29, 0.717) is 5.92 Å². The number of benzene rings is 1. The molecule has 1 aromatic carbocycles. The Morgan fingerprint density at radius 1 is 1.11 bits per heavy atom. The minimum Gasteiger partial charge on any atom is -0.301 e. The molecule has 0 saturated carbocycles. The number of nitrogens with zero attached hydrogens (tertiary/aromatic N) is 3. The monoisotopic (exact) mass is 255 g/mol. The van der Waals surface area contributed by atoms with Gasteiger partial charge in [-0.1, -0.05) is 30.3 Å². The van der Waals surface area contributed by atoms with Crippen LogP contribution in [-0.2, 0) is 6.54 Å². The van der Waals surface area contributed by atoms with Gasteiger partial charge in [0.2, 0.25) is 0 Å². The quantitative estimate of drug-likeness (QED) is 0.837. The zero-order chi connectivity index (χ0) is 12.9. The fraction of sp³-hybridized carbons (Fsp3) is 0.438. The van der Waals surface area contributed by atoms with Crippen molar-refractivity contribution in [2.45, 2.75) is 25.3 Å². The van der Waals surface area contributed by atoms with Gasteiger partial charge in [0.25, 0.3) is 0 Å². The minimum absolute atomic E-state index is 0.701. The molecule has 1 aliphatic heterocycles. The molecule has 0 spiro atoms. The van der Waals surface area contributed by atoms with Crippen molar-refractivity contribution in [3.63, 3.8) is 0 Å². The maximum atomic E-state index is 4.27. The van der Waals surface area contributed by atoms with Crippen LogP contribution in [0.25, 0.3) is 0 Å². The van der Waals surface area contributed by atoms with Crippen LogP contribution in [0.5, 0.6) is 0 Å². The summed E-state index contributed by atoms with van der Waals surface area (Å²) in [7, 11) is 0. The highest BCUT2D eigenvalue weighted by molar-refractivity contribution is 5.20. The van der Waals surface area contributed by atoms with Gasteiger partial charge in [-0.2, -0.15) is 5.10 Å². The normalized spacial score (nSPS) is 20.5. The third-order valence-corrected chi connectivity index (χ3v) is 3.98. The lowest BCUT2D eigenvalue weighted by molar-refractivity contribution is 0.198. The van der Waals surface area contributed by atoms with E-state index in [1.165, 1.54) is 31.5 Å². The third-order valence-electron chi connectivity index (χ3n) is 3.98. The molecule has 1 atom stereocenters. The summed E-state index contributed by atoms with van der Waals surface area (Å²) < 4.78 is 2.02. The molecule has 0 N–H and O–H groups in total. The molecule has 0 amide bonds. The molecule has 1 aromatic heterocycles. The lowest BCUT2D eigenvalue weighted by Gasteiger charge is -2.32. The van der Waals surface area contributed by atoms with Gasteiger partial charge in [-0.3, -0.25) is 4.68 Å². The molecule has 0 unspecified atom stereocenters. The van der Waals surface area contributed by atoms with Gasteiger partial charge in [0, 0.05) is 25.5 Å². The fourth-order valence-electron chi connectivity index (χ4n) is 2.93. The van der Waals surface area contributed by atoms with Gasteiger partial charge in [-0.25, -0.2) is 0 Å². The Morgan fingerprint density at radius 2 is 2.00 bits per heavy atom. The van der Waals surface area contributed by atoms with E-state index in [9.17, 15) is 0 Å². The molecule has 3 nitrogen and oxygen atoms in total. The van der Waals surface area contributed by atoms with Crippen LogP contribution in [0.4, 0.5) is 0 Å². The Kier molecular flexibility index (Phi) is 3.94. The third kappa shape index (κ3) is 3.24. The summed E-state index contributed by atoms with van der Waals surface area (Å²) in [5.74, 6) is 0.701. The van der Waals surface area contributed by atoms with Crippen molar-refractivity contribution in [1.82, 2.24) is 14.7 Å². The van der Waals surface area contributed by atoms with E-state index >= 15 is 0 Å². The maximum absolute atomic E-state index is 4.27. The SMILES string of the molecule is c1ccc([C@H]2CCCN(CCn3cccn3)C2)cc1. The van der Waals surface area contributed by atoms with Gasteiger partial charge in [-0.15, -0.1) is 0 Å². The Bertz CT molecular complexity index is 478. The second-order valence-corrected chi connectivity index (χ2v) is 5.32. The first kappa shape index (κ1) is 12.4. The predicted molar refractivity (Wildman–Crippen MR) is 77.1 cm³/mol. The summed E-state index contributed by atoms with van der Waals surface area (Å²) in [6.07, 6.45) is 6.52. The first-order valence-electron chi connectivity index (χ1n) is 7.16. The molecule has 2 aromatic rings. The number of rotatable bonds is 4. The van der Waals surface area contributed by atoms with E-state index in [1.807, 2.05) is 23.1 Å². The summed E-state index contributed by atoms with van der Waals surface area (Å²) in [4.78, 5) is 2.57. The maximum Gasteiger partial charge on any atom is 0.0536 e. The van der Waals surface area contributed by atoms with Crippen LogP contribution < -0.4 is 0 Å². The van der Waals surface area contributed by atoms with Gasteiger partial charge >= 0.3 is 0 Å². The van der Waals surface area contributed by atoms with Crippen LogP contribution in [0.15, 0.2) is 48.8 Å². The van der Waals surface area contributed by atoms with Gasteiger partial charge < -0.3 is 4.90 Å². The van der Waals surface area contributed by atoms with Gasteiger partial charge in [0.1, 0.15) is 0 Å². The summed E-state index contributed by atoms with van der Waals surface area (Å²) >= 11 is 0. The van der Waals surface area contributed by atoms with Crippen LogP contribution in [0.3, 0.4) is 0 Å². The van der Waals surface area contributed by atoms with E-state index in [-0.39, 0.29) is 0 Å². The lowest BCUT2D eigenvalue weighted by atomic mass is 9.91. The molecular weight excluding hydrogens is 234 g/mol. The molecule has 1 fully saturated rings. The average molecular weight is 255 g/mol. The molecule has 100 valence electrons. The molecule has 1 aliphatic rings. The molecule has 0 radical (unpaired) electrons. The van der Waals surface area contributed by atoms with Crippen LogP contribution in [0.1, 0.15) is 24.3 Å². The molecule has 1 saturated heterocycles. The second-order valence-electron chi connectivity index (χ2n) is 5.32. The van der Waals surface area contributed by atoms with Crippen molar-refractivity contribution in [3.8, 4) is 0 Å². The van der Waals surface area contributed by atoms with Crippen molar-refractivity contribution in [3.05, 3.63) is 54.4 Å². The molecule has 2 heterocycles. The van der Waals surface area contributed by atoms with Crippen molar-refractivity contribution >= 4 is 0 Å². The Hall–Kier alpha value is -1.61. The highest BCUT2D eigenvalue weighted by Crippen LogP contribution is 2.26. The molecule has 0 aliphatic carbocycles. The predicted octanol–water partition coefficient (Wildman–Crippen LogP) is 2.76. The molecule has 0 bridgehead atoms. The standard InChI is InChI=1S/C16H21N3/c1-2-6-15(7-3-1)16-8-4-10-18(14-16)12-13-19-11-5-9-17-19/h1-3,5-7,9,11,16H,4,8,10,12-14H2/t16-/m0/s1. The number of hydrogen-bond donors (Lipinski definition) is 0. The van der Waals surface area contributed by atoms with E-state index < -0.39 is 0 Å². The number of piperidine rings is 1. The minimum atomic E-state index is 0.701. The van der Waals surface area contributed by atoms with E-state index in [2.05, 4.69) is 40.3 Å². The largest absolute Gasteiger partial charge is 0.301 e. The summed E-state index contributed by atoms with van der Waals surface area (Å²) in [5.41, 5.74) is 1.49. The number of aromatic nitrogens is 2. The average Bonchev–Trinajstić information content (AvgIpc) is 3.00. The van der Waals surface area contributed by atoms with Crippen molar-refractivity contribution in [2.24, 2.45) is 0 Å². The first-order valence-corrected chi connectivity index (χ1v) is 7.16. The van der Waals surface area contributed by atoms with Crippen LogP contribution in [-0.4, -0.2) is 34.3 Å². The summed E-state index contributed by atoms with van der Waals surface area (Å²) in [5, 5.41) is 4.27. The molecule has 3 heteroatoms. The summed E-state index contributed by atoms with van der Waals surface area (Å²) in [6, 6.07) is 12.9. The van der Waals surface area contributed by atoms with Crippen LogP contribution in [0, 0.1) is 0 Å². The first-order chi connectivity index (χ1) is 9.42. The van der Waals surface area contributed by atoms with Crippen molar-refractivity contribution in [2.75, 3.05) is 19.6 Å². The van der Waals surface area contributed by atoms with Crippen LogP contribution in [0.2, 0.25) is 0 Å². The smallest absolute Gasteiger partial charge is 0.0536 e. The van der Waals surface area contributed by atoms with Gasteiger partial charge in [0.05, 0.1) is 6.54 Å². The Labute approximate surface area is 114 Å². The fourth-order valence-corrected chi connectivity index (χ4v) is 2.93. The lowest BCUT2D eigenvalue weighted by Crippen LogP contribution is -2.36. The molecule has 3 rings (SSSR count). The van der Waals surface area contributed by atoms with Crippen molar-refractivity contribution in [1.29, 1.82) is 0 Å². The zero-order valence-corrected chi connectivity index (χ0v) is 11.3. The molecular formula is C16H21N3. The summed E-state index contributed by atoms with van der Waals surface area (Å²) in [6.45, 7) is 4.51. The highest BCUT2D eigenvalue weighted by atomic mass is 15.3. The zero-order valence-electron chi connectivity index (χ0n) is 11.3. The highest BCUT2D eigenvalue weighted by Gasteiger charge is 2.20. The van der Waals surface area contributed by atoms with E-state index in [0.717, 1.165) is 13.1 Å². The van der Waals surface area contributed by atoms with Gasteiger partial charge in [-0.05, 0) is 36.9 Å².